The van der Waals surface area contributed by atoms with Gasteiger partial charge in [0.1, 0.15) is 0 Å². The van der Waals surface area contributed by atoms with Gasteiger partial charge in [-0.05, 0) is 43.5 Å². The third kappa shape index (κ3) is 4.16. The molecule has 2 heterocycles. The number of nitrogens with zero attached hydrogens (tertiary/aromatic N) is 2. The molecule has 0 N–H and O–H groups in total. The molecule has 0 spiro atoms. The van der Waals surface area contributed by atoms with Gasteiger partial charge >= 0.3 is 0 Å². The molecular formula is C16H24N2O4S. The Morgan fingerprint density at radius 3 is 2.87 bits per heavy atom. The second kappa shape index (κ2) is 6.67. The van der Waals surface area contributed by atoms with Crippen LogP contribution < -0.4 is 9.47 Å². The van der Waals surface area contributed by atoms with E-state index in [-0.39, 0.29) is 6.79 Å². The Morgan fingerprint density at radius 1 is 1.30 bits per heavy atom. The van der Waals surface area contributed by atoms with Crippen molar-refractivity contribution in [3.8, 4) is 11.5 Å². The molecular weight excluding hydrogens is 316 g/mol. The number of ether oxygens (including phenoxy) is 2. The molecule has 1 aromatic rings. The van der Waals surface area contributed by atoms with Crippen molar-refractivity contribution in [1.82, 2.24) is 9.21 Å². The molecule has 0 unspecified atom stereocenters. The van der Waals surface area contributed by atoms with Gasteiger partial charge in [-0.2, -0.15) is 0 Å². The molecule has 0 radical (unpaired) electrons. The molecule has 1 aromatic carbocycles. The number of sulfonamides is 1. The number of benzene rings is 1. The highest BCUT2D eigenvalue weighted by Crippen LogP contribution is 2.32. The van der Waals surface area contributed by atoms with Gasteiger partial charge in [0.25, 0.3) is 0 Å². The van der Waals surface area contributed by atoms with Gasteiger partial charge in [-0.3, -0.25) is 0 Å². The van der Waals surface area contributed by atoms with Crippen molar-refractivity contribution in [1.29, 1.82) is 0 Å². The van der Waals surface area contributed by atoms with Gasteiger partial charge in [0.05, 0.1) is 6.26 Å². The Hall–Kier alpha value is -1.31. The van der Waals surface area contributed by atoms with E-state index < -0.39 is 10.0 Å². The highest BCUT2D eigenvalue weighted by Gasteiger charge is 2.26. The molecule has 7 heteroatoms. The maximum absolute atomic E-state index is 11.7. The number of fused-ring (bicyclic) bond motifs is 1. The van der Waals surface area contributed by atoms with Gasteiger partial charge < -0.3 is 14.4 Å². The zero-order chi connectivity index (χ0) is 16.4. The zero-order valence-electron chi connectivity index (χ0n) is 13.7. The molecule has 0 aromatic heterocycles. The quantitative estimate of drug-likeness (QED) is 0.813. The van der Waals surface area contributed by atoms with Gasteiger partial charge in [-0.1, -0.05) is 6.07 Å². The third-order valence-electron chi connectivity index (χ3n) is 4.41. The van der Waals surface area contributed by atoms with Gasteiger partial charge in [0, 0.05) is 26.2 Å². The molecule has 0 amide bonds. The predicted octanol–water partition coefficient (Wildman–Crippen LogP) is 1.52. The molecule has 0 bridgehead atoms. The van der Waals surface area contributed by atoms with Crippen molar-refractivity contribution in [2.45, 2.75) is 19.4 Å². The SMILES string of the molecule is CN(Cc1ccc2c(c1)OCO2)C[C@@H]1CCCN(S(C)(=O)=O)C1. The first-order chi connectivity index (χ1) is 10.9. The maximum Gasteiger partial charge on any atom is 0.231 e. The monoisotopic (exact) mass is 340 g/mol. The number of piperidine rings is 1. The number of rotatable bonds is 5. The van der Waals surface area contributed by atoms with E-state index in [2.05, 4.69) is 11.9 Å². The van der Waals surface area contributed by atoms with E-state index in [1.54, 1.807) is 4.31 Å². The summed E-state index contributed by atoms with van der Waals surface area (Å²) in [6, 6.07) is 6.01. The van der Waals surface area contributed by atoms with Crippen LogP contribution in [0, 0.1) is 5.92 Å². The highest BCUT2D eigenvalue weighted by molar-refractivity contribution is 7.88. The summed E-state index contributed by atoms with van der Waals surface area (Å²) in [7, 11) is -1.00. The van der Waals surface area contributed by atoms with Crippen molar-refractivity contribution in [2.24, 2.45) is 5.92 Å². The van der Waals surface area contributed by atoms with Crippen LogP contribution >= 0.6 is 0 Å². The van der Waals surface area contributed by atoms with Crippen molar-refractivity contribution in [2.75, 3.05) is 39.7 Å². The lowest BCUT2D eigenvalue weighted by Crippen LogP contribution is -2.42. The van der Waals surface area contributed by atoms with Gasteiger partial charge in [0.2, 0.25) is 16.8 Å². The minimum absolute atomic E-state index is 0.290. The van der Waals surface area contributed by atoms with Crippen molar-refractivity contribution >= 4 is 10.0 Å². The van der Waals surface area contributed by atoms with E-state index in [0.29, 0.717) is 19.0 Å². The second-order valence-electron chi connectivity index (χ2n) is 6.51. The summed E-state index contributed by atoms with van der Waals surface area (Å²) in [5, 5.41) is 0. The normalized spacial score (nSPS) is 21.8. The second-order valence-corrected chi connectivity index (χ2v) is 8.50. The van der Waals surface area contributed by atoms with Crippen LogP contribution in [0.1, 0.15) is 18.4 Å². The van der Waals surface area contributed by atoms with Crippen LogP contribution in [0.2, 0.25) is 0 Å². The van der Waals surface area contributed by atoms with Crippen LogP contribution in [0.3, 0.4) is 0 Å². The largest absolute Gasteiger partial charge is 0.454 e. The number of hydrogen-bond donors (Lipinski definition) is 0. The van der Waals surface area contributed by atoms with E-state index in [4.69, 9.17) is 9.47 Å². The molecule has 1 saturated heterocycles. The lowest BCUT2D eigenvalue weighted by Gasteiger charge is -2.33. The van der Waals surface area contributed by atoms with E-state index >= 15 is 0 Å². The Morgan fingerprint density at radius 2 is 2.09 bits per heavy atom. The van der Waals surface area contributed by atoms with Gasteiger partial charge in [-0.15, -0.1) is 0 Å². The van der Waals surface area contributed by atoms with Crippen molar-refractivity contribution in [3.05, 3.63) is 23.8 Å². The van der Waals surface area contributed by atoms with E-state index in [1.807, 2.05) is 18.2 Å². The minimum atomic E-state index is -3.08. The molecule has 1 atom stereocenters. The Labute approximate surface area is 138 Å². The molecule has 128 valence electrons. The summed E-state index contributed by atoms with van der Waals surface area (Å²) < 4.78 is 35.7. The first kappa shape index (κ1) is 16.5. The fraction of sp³-hybridized carbons (Fsp3) is 0.625. The minimum Gasteiger partial charge on any atom is -0.454 e. The summed E-state index contributed by atoms with van der Waals surface area (Å²) in [6.07, 6.45) is 3.32. The third-order valence-corrected chi connectivity index (χ3v) is 5.68. The molecule has 2 aliphatic heterocycles. The molecule has 23 heavy (non-hydrogen) atoms. The predicted molar refractivity (Wildman–Crippen MR) is 88.0 cm³/mol. The fourth-order valence-electron chi connectivity index (χ4n) is 3.33. The zero-order valence-corrected chi connectivity index (χ0v) is 14.5. The fourth-order valence-corrected chi connectivity index (χ4v) is 4.28. The maximum atomic E-state index is 11.7. The standard InChI is InChI=1S/C16H24N2O4S/c1-17(9-13-5-6-15-16(8-13)22-12-21-15)10-14-4-3-7-18(11-14)23(2,19)20/h5-6,8,14H,3-4,7,9-12H2,1-2H3/t14-/m0/s1. The summed E-state index contributed by atoms with van der Waals surface area (Å²) in [4.78, 5) is 2.24. The van der Waals surface area contributed by atoms with E-state index in [1.165, 1.54) is 11.8 Å². The molecule has 3 rings (SSSR count). The molecule has 0 aliphatic carbocycles. The van der Waals surface area contributed by atoms with Crippen LogP contribution in [0.25, 0.3) is 0 Å². The summed E-state index contributed by atoms with van der Waals surface area (Å²) in [6.45, 7) is 3.27. The Bertz CT molecular complexity index is 662. The average molecular weight is 340 g/mol. The molecule has 1 fully saturated rings. The molecule has 2 aliphatic rings. The summed E-state index contributed by atoms with van der Waals surface area (Å²) >= 11 is 0. The van der Waals surface area contributed by atoms with Crippen LogP contribution in [-0.4, -0.2) is 57.4 Å². The van der Waals surface area contributed by atoms with Gasteiger partial charge in [0.15, 0.2) is 11.5 Å². The van der Waals surface area contributed by atoms with Gasteiger partial charge in [-0.25, -0.2) is 12.7 Å². The van der Waals surface area contributed by atoms with Crippen molar-refractivity contribution < 1.29 is 17.9 Å². The van der Waals surface area contributed by atoms with Crippen molar-refractivity contribution in [3.63, 3.8) is 0 Å². The smallest absolute Gasteiger partial charge is 0.231 e. The van der Waals surface area contributed by atoms with Crippen LogP contribution in [-0.2, 0) is 16.6 Å². The highest BCUT2D eigenvalue weighted by atomic mass is 32.2. The van der Waals surface area contributed by atoms with Crippen LogP contribution in [0.4, 0.5) is 0 Å². The first-order valence-corrected chi connectivity index (χ1v) is 9.79. The van der Waals surface area contributed by atoms with Crippen LogP contribution in [0.15, 0.2) is 18.2 Å². The lowest BCUT2D eigenvalue weighted by atomic mass is 9.99. The molecule has 6 nitrogen and oxygen atoms in total. The topological polar surface area (TPSA) is 59.1 Å². The Balaban J connectivity index is 1.56. The lowest BCUT2D eigenvalue weighted by molar-refractivity contribution is 0.173. The van der Waals surface area contributed by atoms with E-state index in [0.717, 1.165) is 37.4 Å². The first-order valence-electron chi connectivity index (χ1n) is 7.94. The van der Waals surface area contributed by atoms with E-state index in [9.17, 15) is 8.42 Å². The Kier molecular flexibility index (Phi) is 4.79. The molecule has 0 saturated carbocycles. The summed E-state index contributed by atoms with van der Waals surface area (Å²) in [5.41, 5.74) is 1.17. The number of hydrogen-bond acceptors (Lipinski definition) is 5. The summed E-state index contributed by atoms with van der Waals surface area (Å²) in [5.74, 6) is 1.99. The average Bonchev–Trinajstić information content (AvgIpc) is 2.94. The van der Waals surface area contributed by atoms with Crippen LogP contribution in [0.5, 0.6) is 11.5 Å².